The van der Waals surface area contributed by atoms with Gasteiger partial charge in [0.15, 0.2) is 11.3 Å². The Bertz CT molecular complexity index is 1950. The smallest absolute Gasteiger partial charge is 0.354 e. The Morgan fingerprint density at radius 3 is 2.64 bits per heavy atom. The number of aromatic carboxylic acids is 1. The van der Waals surface area contributed by atoms with Gasteiger partial charge in [0.1, 0.15) is 23.8 Å². The highest BCUT2D eigenvalue weighted by molar-refractivity contribution is 5.88. The second-order valence-corrected chi connectivity index (χ2v) is 10.5. The molecule has 1 aliphatic heterocycles. The second kappa shape index (κ2) is 11.7. The van der Waals surface area contributed by atoms with Crippen LogP contribution in [0.3, 0.4) is 0 Å². The molecule has 44 heavy (non-hydrogen) atoms. The fraction of sp³-hybridized carbons (Fsp3) is 0.182. The lowest BCUT2D eigenvalue weighted by atomic mass is 10.1. The zero-order valence-electron chi connectivity index (χ0n) is 23.5. The van der Waals surface area contributed by atoms with Gasteiger partial charge < -0.3 is 23.7 Å². The molecule has 7 rings (SSSR count). The number of hydrogen-bond donors (Lipinski definition) is 1. The van der Waals surface area contributed by atoms with Crippen LogP contribution in [-0.2, 0) is 24.3 Å². The van der Waals surface area contributed by atoms with Crippen LogP contribution in [0.2, 0.25) is 0 Å². The summed E-state index contributed by atoms with van der Waals surface area (Å²) in [5.41, 5.74) is 4.57. The standard InChI is InChI=1S/C33H27FN6O4/c34-26-16-23(27-2-1-3-31(37-27)44-19-21-4-8-24(9-5-21)39-14-13-35-20-39)7-6-22(26)17-30-36-28-10-11-29(33(41)42)38-32(28)40(30)18-25-12-15-43-25/h1-11,13-14,16,20,25H,12,15,17-19H2,(H,41,42). The topological polar surface area (TPSA) is 117 Å². The van der Waals surface area contributed by atoms with Crippen molar-refractivity contribution in [2.75, 3.05) is 6.61 Å². The van der Waals surface area contributed by atoms with Crippen LogP contribution in [-0.4, -0.2) is 52.9 Å². The van der Waals surface area contributed by atoms with Crippen LogP contribution in [0, 0.1) is 5.82 Å². The van der Waals surface area contributed by atoms with Gasteiger partial charge in [-0.3, -0.25) is 0 Å². The minimum Gasteiger partial charge on any atom is -0.477 e. The lowest BCUT2D eigenvalue weighted by Gasteiger charge is -2.27. The molecule has 1 saturated heterocycles. The molecule has 0 radical (unpaired) electrons. The molecule has 6 aromatic rings. The van der Waals surface area contributed by atoms with E-state index in [-0.39, 0.29) is 18.2 Å². The highest BCUT2D eigenvalue weighted by Gasteiger charge is 2.24. The Morgan fingerprint density at radius 1 is 1.05 bits per heavy atom. The van der Waals surface area contributed by atoms with Crippen LogP contribution in [0.25, 0.3) is 28.1 Å². The molecule has 4 aromatic heterocycles. The average Bonchev–Trinajstić information content (AvgIpc) is 3.67. The molecule has 2 aromatic carbocycles. The molecule has 1 fully saturated rings. The molecular weight excluding hydrogens is 563 g/mol. The van der Waals surface area contributed by atoms with Gasteiger partial charge in [0.25, 0.3) is 0 Å². The number of hydrogen-bond acceptors (Lipinski definition) is 7. The third-order valence-electron chi connectivity index (χ3n) is 7.62. The molecule has 1 N–H and O–H groups in total. The molecule has 0 spiro atoms. The van der Waals surface area contributed by atoms with Crippen molar-refractivity contribution in [3.8, 4) is 22.8 Å². The molecule has 0 aliphatic carbocycles. The first-order chi connectivity index (χ1) is 21.5. The van der Waals surface area contributed by atoms with Gasteiger partial charge in [0.05, 0.1) is 24.7 Å². The van der Waals surface area contributed by atoms with Crippen molar-refractivity contribution in [1.29, 1.82) is 0 Å². The average molecular weight is 591 g/mol. The maximum Gasteiger partial charge on any atom is 0.354 e. The summed E-state index contributed by atoms with van der Waals surface area (Å²) >= 11 is 0. The van der Waals surface area contributed by atoms with Gasteiger partial charge in [-0.2, -0.15) is 0 Å². The van der Waals surface area contributed by atoms with Crippen molar-refractivity contribution in [2.45, 2.75) is 32.1 Å². The van der Waals surface area contributed by atoms with Crippen molar-refractivity contribution < 1.29 is 23.8 Å². The van der Waals surface area contributed by atoms with E-state index in [9.17, 15) is 9.90 Å². The Kier molecular flexibility index (Phi) is 7.29. The number of fused-ring (bicyclic) bond motifs is 1. The monoisotopic (exact) mass is 590 g/mol. The van der Waals surface area contributed by atoms with E-state index < -0.39 is 11.8 Å². The van der Waals surface area contributed by atoms with E-state index in [1.54, 1.807) is 30.7 Å². The van der Waals surface area contributed by atoms with Gasteiger partial charge >= 0.3 is 5.97 Å². The largest absolute Gasteiger partial charge is 0.477 e. The first-order valence-electron chi connectivity index (χ1n) is 14.2. The van der Waals surface area contributed by atoms with Crippen LogP contribution in [0.4, 0.5) is 4.39 Å². The van der Waals surface area contributed by atoms with Crippen molar-refractivity contribution in [3.05, 3.63) is 120 Å². The van der Waals surface area contributed by atoms with Gasteiger partial charge in [0.2, 0.25) is 5.88 Å². The summed E-state index contributed by atoms with van der Waals surface area (Å²) in [5, 5.41) is 9.43. The van der Waals surface area contributed by atoms with Crippen LogP contribution in [0.1, 0.15) is 33.9 Å². The Labute approximate surface area is 251 Å². The molecule has 5 heterocycles. The minimum atomic E-state index is -1.12. The summed E-state index contributed by atoms with van der Waals surface area (Å²) in [6.07, 6.45) is 6.43. The van der Waals surface area contributed by atoms with E-state index in [1.807, 2.05) is 57.8 Å². The lowest BCUT2D eigenvalue weighted by Crippen LogP contribution is -2.32. The Balaban J connectivity index is 1.08. The highest BCUT2D eigenvalue weighted by atomic mass is 19.1. The predicted octanol–water partition coefficient (Wildman–Crippen LogP) is 5.48. The fourth-order valence-corrected chi connectivity index (χ4v) is 5.14. The van der Waals surface area contributed by atoms with Crippen molar-refractivity contribution in [1.82, 2.24) is 29.1 Å². The first kappa shape index (κ1) is 27.4. The highest BCUT2D eigenvalue weighted by Crippen LogP contribution is 2.26. The van der Waals surface area contributed by atoms with Crippen LogP contribution in [0.15, 0.2) is 91.5 Å². The van der Waals surface area contributed by atoms with Gasteiger partial charge in [-0.15, -0.1) is 0 Å². The van der Waals surface area contributed by atoms with Crippen LogP contribution < -0.4 is 4.74 Å². The molecule has 1 atom stereocenters. The van der Waals surface area contributed by atoms with E-state index in [0.29, 0.717) is 59.4 Å². The molecule has 10 nitrogen and oxygen atoms in total. The Hall–Kier alpha value is -5.42. The summed E-state index contributed by atoms with van der Waals surface area (Å²) in [4.78, 5) is 29.2. The van der Waals surface area contributed by atoms with Crippen molar-refractivity contribution in [2.24, 2.45) is 0 Å². The second-order valence-electron chi connectivity index (χ2n) is 10.5. The third kappa shape index (κ3) is 5.64. The number of halogens is 1. The van der Waals surface area contributed by atoms with Gasteiger partial charge in [-0.25, -0.2) is 29.1 Å². The maximum absolute atomic E-state index is 15.5. The first-order valence-corrected chi connectivity index (χ1v) is 14.2. The van der Waals surface area contributed by atoms with E-state index >= 15 is 4.39 Å². The van der Waals surface area contributed by atoms with Crippen LogP contribution >= 0.6 is 0 Å². The summed E-state index contributed by atoms with van der Waals surface area (Å²) in [6.45, 7) is 1.48. The SMILES string of the molecule is O=C(O)c1ccc2nc(Cc3ccc(-c4cccc(OCc5ccc(-n6ccnc6)cc5)n4)cc3F)n(CC3CCO3)c2n1. The third-order valence-corrected chi connectivity index (χ3v) is 7.62. The van der Waals surface area contributed by atoms with E-state index in [2.05, 4.69) is 19.9 Å². The molecule has 1 unspecified atom stereocenters. The molecule has 0 amide bonds. The van der Waals surface area contributed by atoms with Crippen molar-refractivity contribution >= 4 is 17.1 Å². The van der Waals surface area contributed by atoms with Gasteiger partial charge in [-0.05, 0) is 53.9 Å². The van der Waals surface area contributed by atoms with E-state index in [0.717, 1.165) is 17.7 Å². The van der Waals surface area contributed by atoms with Crippen molar-refractivity contribution in [3.63, 3.8) is 0 Å². The predicted molar refractivity (Wildman–Crippen MR) is 159 cm³/mol. The summed E-state index contributed by atoms with van der Waals surface area (Å²) in [7, 11) is 0. The summed E-state index contributed by atoms with van der Waals surface area (Å²) < 4.78 is 30.8. The van der Waals surface area contributed by atoms with E-state index in [4.69, 9.17) is 9.47 Å². The number of nitrogens with zero attached hydrogens (tertiary/aromatic N) is 6. The Morgan fingerprint density at radius 2 is 1.91 bits per heavy atom. The molecule has 0 saturated carbocycles. The number of carbonyl (C=O) groups is 1. The zero-order valence-corrected chi connectivity index (χ0v) is 23.5. The maximum atomic E-state index is 15.5. The number of ether oxygens (including phenoxy) is 2. The number of rotatable bonds is 10. The zero-order chi connectivity index (χ0) is 30.0. The van der Waals surface area contributed by atoms with Gasteiger partial charge in [-0.1, -0.05) is 30.3 Å². The quantitative estimate of drug-likeness (QED) is 0.223. The fourth-order valence-electron chi connectivity index (χ4n) is 5.14. The summed E-state index contributed by atoms with van der Waals surface area (Å²) in [6, 6.07) is 21.4. The van der Waals surface area contributed by atoms with Crippen LogP contribution in [0.5, 0.6) is 5.88 Å². The normalized spacial score (nSPS) is 14.4. The number of pyridine rings is 2. The summed E-state index contributed by atoms with van der Waals surface area (Å²) in [5.74, 6) is -0.494. The number of carboxylic acid groups (broad SMARTS) is 1. The molecule has 220 valence electrons. The lowest BCUT2D eigenvalue weighted by molar-refractivity contribution is -0.0590. The minimum absolute atomic E-state index is 0.0177. The van der Waals surface area contributed by atoms with E-state index in [1.165, 1.54) is 12.1 Å². The number of benzene rings is 2. The number of aromatic nitrogens is 6. The molecule has 11 heteroatoms. The number of imidazole rings is 2. The molecule has 0 bridgehead atoms. The molecular formula is C33H27FN6O4. The van der Waals surface area contributed by atoms with Gasteiger partial charge in [0, 0.05) is 42.7 Å². The molecule has 1 aliphatic rings. The number of carboxylic acids is 1.